The highest BCUT2D eigenvalue weighted by Gasteiger charge is 2.29. The van der Waals surface area contributed by atoms with Crippen LogP contribution in [0.3, 0.4) is 0 Å². The van der Waals surface area contributed by atoms with Gasteiger partial charge in [0, 0.05) is 11.4 Å². The first-order valence-corrected chi connectivity index (χ1v) is 4.05. The van der Waals surface area contributed by atoms with Crippen molar-refractivity contribution >= 4 is 11.9 Å². The number of hydrogen-bond acceptors (Lipinski definition) is 2. The summed E-state index contributed by atoms with van der Waals surface area (Å²) in [7, 11) is 0. The van der Waals surface area contributed by atoms with E-state index in [1.165, 1.54) is 4.57 Å². The number of aromatic nitrogens is 1. The molecule has 0 aromatic carbocycles. The quantitative estimate of drug-likeness (QED) is 0.703. The lowest BCUT2D eigenvalue weighted by atomic mass is 10.3. The molecule has 0 unspecified atom stereocenters. The molecule has 0 amide bonds. The average Bonchev–Trinajstić information content (AvgIpc) is 2.34. The summed E-state index contributed by atoms with van der Waals surface area (Å²) in [6.45, 7) is 3.34. The summed E-state index contributed by atoms with van der Waals surface area (Å²) in [5, 5.41) is 17.5. The maximum Gasteiger partial charge on any atom is 0.338 e. The molecule has 0 atom stereocenters. The Morgan fingerprint density at radius 2 is 1.50 bits per heavy atom. The van der Waals surface area contributed by atoms with E-state index in [0.717, 1.165) is 0 Å². The average molecular weight is 197 g/mol. The van der Waals surface area contributed by atoms with Crippen LogP contribution in [0.15, 0.2) is 12.1 Å². The minimum Gasteiger partial charge on any atom is -0.479 e. The second-order valence-electron chi connectivity index (χ2n) is 3.07. The lowest BCUT2D eigenvalue weighted by Crippen LogP contribution is -2.28. The maximum absolute atomic E-state index is 10.7. The zero-order valence-electron chi connectivity index (χ0n) is 7.89. The van der Waals surface area contributed by atoms with Gasteiger partial charge in [-0.1, -0.05) is 0 Å². The topological polar surface area (TPSA) is 79.5 Å². The Bertz CT molecular complexity index is 347. The molecule has 0 aliphatic rings. The van der Waals surface area contributed by atoms with Gasteiger partial charge in [-0.3, -0.25) is 0 Å². The van der Waals surface area contributed by atoms with Gasteiger partial charge in [0.2, 0.25) is 6.04 Å². The van der Waals surface area contributed by atoms with Gasteiger partial charge in [-0.25, -0.2) is 9.59 Å². The molecule has 5 nitrogen and oxygen atoms in total. The van der Waals surface area contributed by atoms with E-state index in [1.807, 2.05) is 0 Å². The summed E-state index contributed by atoms with van der Waals surface area (Å²) in [5.74, 6) is -2.72. The maximum atomic E-state index is 10.7. The van der Waals surface area contributed by atoms with E-state index < -0.39 is 18.0 Å². The SMILES string of the molecule is Cc1ccc(C)n1C(C(=O)O)C(=O)O. The predicted octanol–water partition coefficient (Wildman–Crippen LogP) is 0.815. The molecule has 2 N–H and O–H groups in total. The van der Waals surface area contributed by atoms with Crippen molar-refractivity contribution in [2.75, 3.05) is 0 Å². The third-order valence-electron chi connectivity index (χ3n) is 2.05. The predicted molar refractivity (Wildman–Crippen MR) is 48.2 cm³/mol. The molecule has 5 heteroatoms. The minimum absolute atomic E-state index is 0.623. The number of carbonyl (C=O) groups is 2. The molecule has 1 rings (SSSR count). The van der Waals surface area contributed by atoms with E-state index in [1.54, 1.807) is 26.0 Å². The third kappa shape index (κ3) is 1.61. The second kappa shape index (κ2) is 3.53. The summed E-state index contributed by atoms with van der Waals surface area (Å²) in [5.41, 5.74) is 1.25. The standard InChI is InChI=1S/C9H11NO4/c1-5-3-4-6(2)10(5)7(8(11)12)9(13)14/h3-4,7H,1-2H3,(H,11,12)(H,13,14). The van der Waals surface area contributed by atoms with Gasteiger partial charge >= 0.3 is 11.9 Å². The fourth-order valence-corrected chi connectivity index (χ4v) is 1.41. The molecular weight excluding hydrogens is 186 g/mol. The van der Waals surface area contributed by atoms with Gasteiger partial charge in [0.15, 0.2) is 0 Å². The van der Waals surface area contributed by atoms with E-state index in [4.69, 9.17) is 10.2 Å². The Labute approximate surface area is 80.6 Å². The molecule has 14 heavy (non-hydrogen) atoms. The van der Waals surface area contributed by atoms with Gasteiger partial charge in [0.25, 0.3) is 0 Å². The molecule has 1 aromatic rings. The van der Waals surface area contributed by atoms with Gasteiger partial charge < -0.3 is 14.8 Å². The van der Waals surface area contributed by atoms with Crippen LogP contribution in [0, 0.1) is 13.8 Å². The van der Waals surface area contributed by atoms with Crippen LogP contribution in [0.5, 0.6) is 0 Å². The highest BCUT2D eigenvalue weighted by Crippen LogP contribution is 2.16. The van der Waals surface area contributed by atoms with Crippen molar-refractivity contribution in [3.05, 3.63) is 23.5 Å². The van der Waals surface area contributed by atoms with Crippen molar-refractivity contribution in [2.24, 2.45) is 0 Å². The Kier molecular flexibility index (Phi) is 2.60. The van der Waals surface area contributed by atoms with Crippen LogP contribution in [0.1, 0.15) is 17.4 Å². The molecule has 0 spiro atoms. The van der Waals surface area contributed by atoms with Gasteiger partial charge in [-0.15, -0.1) is 0 Å². The fourth-order valence-electron chi connectivity index (χ4n) is 1.41. The number of aryl methyl sites for hydroxylation is 2. The number of carboxylic acid groups (broad SMARTS) is 2. The zero-order valence-corrected chi connectivity index (χ0v) is 7.89. The first-order chi connectivity index (χ1) is 6.45. The minimum atomic E-state index is -1.54. The molecular formula is C9H11NO4. The number of rotatable bonds is 3. The van der Waals surface area contributed by atoms with Crippen LogP contribution in [0.2, 0.25) is 0 Å². The summed E-state index contributed by atoms with van der Waals surface area (Å²) in [6, 6.07) is 1.84. The number of nitrogens with zero attached hydrogens (tertiary/aromatic N) is 1. The third-order valence-corrected chi connectivity index (χ3v) is 2.05. The molecule has 0 aliphatic carbocycles. The van der Waals surface area contributed by atoms with Crippen molar-refractivity contribution in [3.63, 3.8) is 0 Å². The Balaban J connectivity index is 3.24. The van der Waals surface area contributed by atoms with Crippen molar-refractivity contribution in [1.29, 1.82) is 0 Å². The zero-order chi connectivity index (χ0) is 10.9. The van der Waals surface area contributed by atoms with Gasteiger partial charge in [-0.2, -0.15) is 0 Å². The van der Waals surface area contributed by atoms with Crippen molar-refractivity contribution in [2.45, 2.75) is 19.9 Å². The van der Waals surface area contributed by atoms with Crippen molar-refractivity contribution in [3.8, 4) is 0 Å². The summed E-state index contributed by atoms with van der Waals surface area (Å²) in [4.78, 5) is 21.5. The van der Waals surface area contributed by atoms with E-state index in [9.17, 15) is 9.59 Å². The van der Waals surface area contributed by atoms with Crippen LogP contribution in [-0.4, -0.2) is 26.7 Å². The molecule has 0 fully saturated rings. The fraction of sp³-hybridized carbons (Fsp3) is 0.333. The summed E-state index contributed by atoms with van der Waals surface area (Å²) in [6.07, 6.45) is 0. The largest absolute Gasteiger partial charge is 0.479 e. The lowest BCUT2D eigenvalue weighted by molar-refractivity contribution is -0.153. The molecule has 1 aromatic heterocycles. The summed E-state index contributed by atoms with van der Waals surface area (Å²) < 4.78 is 1.28. The molecule has 76 valence electrons. The first kappa shape index (κ1) is 10.3. The summed E-state index contributed by atoms with van der Waals surface area (Å²) >= 11 is 0. The lowest BCUT2D eigenvalue weighted by Gasteiger charge is -2.14. The van der Waals surface area contributed by atoms with Crippen LogP contribution >= 0.6 is 0 Å². The van der Waals surface area contributed by atoms with E-state index in [2.05, 4.69) is 0 Å². The monoisotopic (exact) mass is 197 g/mol. The Morgan fingerprint density at radius 1 is 1.14 bits per heavy atom. The van der Waals surface area contributed by atoms with Crippen molar-refractivity contribution < 1.29 is 19.8 Å². The highest BCUT2D eigenvalue weighted by molar-refractivity contribution is 5.95. The van der Waals surface area contributed by atoms with Gasteiger partial charge in [-0.05, 0) is 26.0 Å². The first-order valence-electron chi connectivity index (χ1n) is 4.05. The van der Waals surface area contributed by atoms with Gasteiger partial charge in [0.05, 0.1) is 0 Å². The second-order valence-corrected chi connectivity index (χ2v) is 3.07. The highest BCUT2D eigenvalue weighted by atomic mass is 16.4. The van der Waals surface area contributed by atoms with Gasteiger partial charge in [0.1, 0.15) is 0 Å². The molecule has 1 heterocycles. The van der Waals surface area contributed by atoms with E-state index >= 15 is 0 Å². The smallest absolute Gasteiger partial charge is 0.338 e. The molecule has 0 saturated heterocycles. The van der Waals surface area contributed by atoms with Crippen molar-refractivity contribution in [1.82, 2.24) is 4.57 Å². The van der Waals surface area contributed by atoms with Crippen LogP contribution < -0.4 is 0 Å². The van der Waals surface area contributed by atoms with E-state index in [-0.39, 0.29) is 0 Å². The normalized spacial score (nSPS) is 10.5. The Morgan fingerprint density at radius 3 is 1.79 bits per heavy atom. The van der Waals surface area contributed by atoms with Crippen LogP contribution in [0.25, 0.3) is 0 Å². The molecule has 0 saturated carbocycles. The van der Waals surface area contributed by atoms with Crippen LogP contribution in [-0.2, 0) is 9.59 Å². The van der Waals surface area contributed by atoms with E-state index in [0.29, 0.717) is 11.4 Å². The number of hydrogen-bond donors (Lipinski definition) is 2. The van der Waals surface area contributed by atoms with Crippen LogP contribution in [0.4, 0.5) is 0 Å². The molecule has 0 bridgehead atoms. The number of carboxylic acids is 2. The Hall–Kier alpha value is -1.78. The molecule has 0 radical (unpaired) electrons. The number of aliphatic carboxylic acids is 2. The molecule has 0 aliphatic heterocycles.